The highest BCUT2D eigenvalue weighted by molar-refractivity contribution is 7.20. The number of hydrogen-bond donors (Lipinski definition) is 0. The topological polar surface area (TPSA) is 40.9 Å². The molecule has 90 valence electrons. The van der Waals surface area contributed by atoms with E-state index < -0.39 is 5.92 Å². The zero-order chi connectivity index (χ0) is 13.1. The second-order valence-corrected chi connectivity index (χ2v) is 5.86. The van der Waals surface area contributed by atoms with Crippen molar-refractivity contribution in [2.45, 2.75) is 5.92 Å². The van der Waals surface area contributed by atoms with Gasteiger partial charge in [-0.05, 0) is 11.6 Å². The number of Topliss-reactive ketones (excluding diaryl/α,β-unsaturated/α-hetero) is 1. The molecule has 0 fully saturated rings. The van der Waals surface area contributed by atoms with Crippen LogP contribution in [0, 0.1) is 11.3 Å². The number of thiophene rings is 1. The number of carbonyl (C=O) groups is 1. The molecule has 2 nitrogen and oxygen atoms in total. The minimum Gasteiger partial charge on any atom is -0.292 e. The molecule has 0 bridgehead atoms. The molecule has 0 aliphatic carbocycles. The van der Waals surface area contributed by atoms with Crippen molar-refractivity contribution in [2.75, 3.05) is 0 Å². The van der Waals surface area contributed by atoms with E-state index in [2.05, 4.69) is 0 Å². The highest BCUT2D eigenvalue weighted by Crippen LogP contribution is 2.34. The van der Waals surface area contributed by atoms with Gasteiger partial charge >= 0.3 is 0 Å². The molecule has 0 radical (unpaired) electrons. The van der Waals surface area contributed by atoms with E-state index in [1.165, 1.54) is 6.07 Å². The lowest BCUT2D eigenvalue weighted by atomic mass is 9.93. The van der Waals surface area contributed by atoms with Crippen molar-refractivity contribution in [3.05, 3.63) is 56.2 Å². The fourth-order valence-electron chi connectivity index (χ4n) is 1.59. The lowest BCUT2D eigenvalue weighted by Crippen LogP contribution is -2.10. The van der Waals surface area contributed by atoms with Gasteiger partial charge in [0.15, 0.2) is 5.78 Å². The first-order valence-corrected chi connectivity index (χ1v) is 6.64. The number of hydrogen-bond acceptors (Lipinski definition) is 3. The SMILES string of the molecule is N#CC(C(=O)c1cc(Cl)sc1Cl)c1ccccc1. The van der Waals surface area contributed by atoms with Crippen LogP contribution in [0.4, 0.5) is 0 Å². The van der Waals surface area contributed by atoms with Gasteiger partial charge < -0.3 is 0 Å². The fourth-order valence-corrected chi connectivity index (χ4v) is 3.07. The quantitative estimate of drug-likeness (QED) is 0.780. The molecule has 18 heavy (non-hydrogen) atoms. The summed E-state index contributed by atoms with van der Waals surface area (Å²) >= 11 is 12.9. The first-order valence-electron chi connectivity index (χ1n) is 5.07. The molecule has 0 N–H and O–H groups in total. The first kappa shape index (κ1) is 13.1. The first-order chi connectivity index (χ1) is 8.63. The Morgan fingerprint density at radius 1 is 1.28 bits per heavy atom. The third-order valence-corrected chi connectivity index (χ3v) is 3.93. The molecular weight excluding hydrogens is 289 g/mol. The summed E-state index contributed by atoms with van der Waals surface area (Å²) in [5.74, 6) is -1.17. The lowest BCUT2D eigenvalue weighted by Gasteiger charge is -2.07. The summed E-state index contributed by atoms with van der Waals surface area (Å²) in [4.78, 5) is 12.3. The highest BCUT2D eigenvalue weighted by Gasteiger charge is 2.25. The normalized spacial score (nSPS) is 11.8. The molecule has 0 spiro atoms. The maximum absolute atomic E-state index is 12.3. The van der Waals surface area contributed by atoms with Gasteiger partial charge in [-0.15, -0.1) is 11.3 Å². The van der Waals surface area contributed by atoms with Crippen LogP contribution in [0.15, 0.2) is 36.4 Å². The van der Waals surface area contributed by atoms with E-state index >= 15 is 0 Å². The van der Waals surface area contributed by atoms with Crippen molar-refractivity contribution in [1.29, 1.82) is 5.26 Å². The van der Waals surface area contributed by atoms with Gasteiger partial charge in [0.1, 0.15) is 10.3 Å². The monoisotopic (exact) mass is 295 g/mol. The zero-order valence-corrected chi connectivity index (χ0v) is 11.4. The molecule has 0 saturated carbocycles. The standard InChI is InChI=1S/C13H7Cl2NOS/c14-11-6-9(13(15)18-11)12(17)10(7-16)8-4-2-1-3-5-8/h1-6,10H. The molecule has 1 heterocycles. The summed E-state index contributed by atoms with van der Waals surface area (Å²) in [6.45, 7) is 0. The molecule has 5 heteroatoms. The Kier molecular flexibility index (Phi) is 4.03. The molecule has 0 saturated heterocycles. The van der Waals surface area contributed by atoms with Crippen LogP contribution in [0.25, 0.3) is 0 Å². The van der Waals surface area contributed by atoms with Crippen molar-refractivity contribution < 1.29 is 4.79 Å². The van der Waals surface area contributed by atoms with Crippen molar-refractivity contribution in [3.8, 4) is 6.07 Å². The summed E-state index contributed by atoms with van der Waals surface area (Å²) in [5.41, 5.74) is 0.963. The van der Waals surface area contributed by atoms with Crippen LogP contribution < -0.4 is 0 Å². The summed E-state index contributed by atoms with van der Waals surface area (Å²) in [7, 11) is 0. The Balaban J connectivity index is 2.39. The average molecular weight is 296 g/mol. The zero-order valence-electron chi connectivity index (χ0n) is 9.06. The van der Waals surface area contributed by atoms with Crippen molar-refractivity contribution in [3.63, 3.8) is 0 Å². The Morgan fingerprint density at radius 2 is 1.94 bits per heavy atom. The maximum atomic E-state index is 12.3. The molecule has 1 aromatic heterocycles. The van der Waals surface area contributed by atoms with Crippen LogP contribution in [-0.4, -0.2) is 5.78 Å². The van der Waals surface area contributed by atoms with Crippen molar-refractivity contribution in [1.82, 2.24) is 0 Å². The number of nitriles is 1. The molecule has 1 unspecified atom stereocenters. The molecule has 0 aliphatic heterocycles. The van der Waals surface area contributed by atoms with E-state index in [0.29, 0.717) is 19.8 Å². The van der Waals surface area contributed by atoms with Crippen LogP contribution in [0.2, 0.25) is 8.67 Å². The average Bonchev–Trinajstić information content (AvgIpc) is 2.70. The Hall–Kier alpha value is -1.34. The van der Waals surface area contributed by atoms with E-state index in [1.807, 2.05) is 12.1 Å². The number of rotatable bonds is 3. The third-order valence-electron chi connectivity index (χ3n) is 2.45. The van der Waals surface area contributed by atoms with Crippen LogP contribution in [-0.2, 0) is 0 Å². The summed E-state index contributed by atoms with van der Waals surface area (Å²) < 4.78 is 0.759. The maximum Gasteiger partial charge on any atom is 0.186 e. The fraction of sp³-hybridized carbons (Fsp3) is 0.0769. The molecule has 2 rings (SSSR count). The lowest BCUT2D eigenvalue weighted by molar-refractivity contribution is 0.0979. The predicted octanol–water partition coefficient (Wildman–Crippen LogP) is 4.54. The van der Waals surface area contributed by atoms with Crippen LogP contribution in [0.5, 0.6) is 0 Å². The summed E-state index contributed by atoms with van der Waals surface area (Å²) in [5, 5.41) is 9.17. The van der Waals surface area contributed by atoms with Gasteiger partial charge in [-0.1, -0.05) is 53.5 Å². The third kappa shape index (κ3) is 2.56. The minimum atomic E-state index is -0.852. The number of halogens is 2. The predicted molar refractivity (Wildman–Crippen MR) is 73.5 cm³/mol. The van der Waals surface area contributed by atoms with Gasteiger partial charge in [-0.2, -0.15) is 5.26 Å². The number of benzene rings is 1. The molecule has 1 aromatic carbocycles. The Bertz CT molecular complexity index is 616. The molecule has 1 atom stereocenters. The van der Waals surface area contributed by atoms with Gasteiger partial charge in [0, 0.05) is 0 Å². The van der Waals surface area contributed by atoms with Gasteiger partial charge in [0.2, 0.25) is 0 Å². The minimum absolute atomic E-state index is 0.307. The van der Waals surface area contributed by atoms with Crippen LogP contribution in [0.1, 0.15) is 21.8 Å². The van der Waals surface area contributed by atoms with E-state index in [9.17, 15) is 4.79 Å². The molecule has 0 aliphatic rings. The Morgan fingerprint density at radius 3 is 2.44 bits per heavy atom. The number of nitrogens with zero attached hydrogens (tertiary/aromatic N) is 1. The van der Waals surface area contributed by atoms with E-state index in [-0.39, 0.29) is 5.78 Å². The van der Waals surface area contributed by atoms with Crippen molar-refractivity contribution in [2.24, 2.45) is 0 Å². The second kappa shape index (κ2) is 5.53. The second-order valence-electron chi connectivity index (χ2n) is 3.57. The smallest absolute Gasteiger partial charge is 0.186 e. The van der Waals surface area contributed by atoms with E-state index in [0.717, 1.165) is 11.3 Å². The van der Waals surface area contributed by atoms with Crippen molar-refractivity contribution >= 4 is 40.3 Å². The molecule has 2 aromatic rings. The summed E-state index contributed by atoms with van der Waals surface area (Å²) in [6.07, 6.45) is 0. The van der Waals surface area contributed by atoms with Crippen LogP contribution >= 0.6 is 34.5 Å². The highest BCUT2D eigenvalue weighted by atomic mass is 35.5. The van der Waals surface area contributed by atoms with Gasteiger partial charge in [-0.3, -0.25) is 4.79 Å². The van der Waals surface area contributed by atoms with Gasteiger partial charge in [0.05, 0.1) is 16.0 Å². The number of carbonyl (C=O) groups excluding carboxylic acids is 1. The van der Waals surface area contributed by atoms with Gasteiger partial charge in [0.25, 0.3) is 0 Å². The molecular formula is C13H7Cl2NOS. The van der Waals surface area contributed by atoms with E-state index in [1.54, 1.807) is 24.3 Å². The Labute approximate surface area is 118 Å². The largest absolute Gasteiger partial charge is 0.292 e. The number of ketones is 1. The molecule has 0 amide bonds. The van der Waals surface area contributed by atoms with Crippen LogP contribution in [0.3, 0.4) is 0 Å². The van der Waals surface area contributed by atoms with Gasteiger partial charge in [-0.25, -0.2) is 0 Å². The van der Waals surface area contributed by atoms with E-state index in [4.69, 9.17) is 28.5 Å². The summed E-state index contributed by atoms with van der Waals surface area (Å²) in [6, 6.07) is 12.4.